The van der Waals surface area contributed by atoms with E-state index in [0.29, 0.717) is 42.2 Å². The van der Waals surface area contributed by atoms with E-state index >= 15 is 0 Å². The highest BCUT2D eigenvalue weighted by Gasteiger charge is 2.27. The lowest BCUT2D eigenvalue weighted by Crippen LogP contribution is -2.23. The molecule has 0 atom stereocenters. The quantitative estimate of drug-likeness (QED) is 0.166. The maximum absolute atomic E-state index is 13.7. The minimum Gasteiger partial charge on any atom is -0.493 e. The van der Waals surface area contributed by atoms with Crippen LogP contribution < -0.4 is 4.74 Å². The van der Waals surface area contributed by atoms with Crippen LogP contribution in [-0.2, 0) is 4.79 Å². The number of ether oxygens (including phenoxy) is 1. The molecule has 3 aromatic carbocycles. The van der Waals surface area contributed by atoms with Crippen molar-refractivity contribution in [2.24, 2.45) is 0 Å². The van der Waals surface area contributed by atoms with Gasteiger partial charge in [0.1, 0.15) is 25.2 Å². The van der Waals surface area contributed by atoms with Gasteiger partial charge in [0, 0.05) is 40.5 Å². The van der Waals surface area contributed by atoms with Crippen molar-refractivity contribution in [1.82, 2.24) is 0 Å². The summed E-state index contributed by atoms with van der Waals surface area (Å²) in [4.78, 5) is 12.3. The molecule has 0 spiro atoms. The number of carboxylic acids is 1. The molecule has 1 aliphatic heterocycles. The van der Waals surface area contributed by atoms with E-state index in [9.17, 15) is 14.3 Å². The summed E-state index contributed by atoms with van der Waals surface area (Å²) in [7, 11) is 2.09. The van der Waals surface area contributed by atoms with Crippen LogP contribution in [0.5, 0.6) is 5.75 Å². The molecule has 1 N–H and O–H groups in total. The highest BCUT2D eigenvalue weighted by Crippen LogP contribution is 2.39. The fourth-order valence-corrected chi connectivity index (χ4v) is 5.86. The minimum atomic E-state index is -0.907. The number of fused-ring (bicyclic) bond motifs is 1. The highest BCUT2D eigenvalue weighted by atomic mass is 35.5. The summed E-state index contributed by atoms with van der Waals surface area (Å²) in [5.41, 5.74) is 7.70. The first-order chi connectivity index (χ1) is 18.6. The van der Waals surface area contributed by atoms with Gasteiger partial charge in [0.05, 0.1) is 6.61 Å². The predicted molar refractivity (Wildman–Crippen MR) is 159 cm³/mol. The molecule has 0 aromatic heterocycles. The van der Waals surface area contributed by atoms with Gasteiger partial charge in [0.2, 0.25) is 0 Å². The number of allylic oxidation sites excluding steroid dienone is 2. The largest absolute Gasteiger partial charge is 0.493 e. The topological polar surface area (TPSA) is 49.5 Å². The second-order valence-electron chi connectivity index (χ2n) is 10.2. The lowest BCUT2D eigenvalue weighted by Gasteiger charge is -2.22. The zero-order chi connectivity index (χ0) is 28.3. The van der Waals surface area contributed by atoms with E-state index in [0.717, 1.165) is 51.6 Å². The van der Waals surface area contributed by atoms with E-state index in [1.165, 1.54) is 23.4 Å². The first kappa shape index (κ1) is 28.6. The number of benzene rings is 3. The average molecular weight is 549 g/mol. The van der Waals surface area contributed by atoms with E-state index in [1.807, 2.05) is 44.2 Å². The van der Waals surface area contributed by atoms with Crippen molar-refractivity contribution in [2.45, 2.75) is 53.4 Å². The Balaban J connectivity index is 1.67. The van der Waals surface area contributed by atoms with Crippen molar-refractivity contribution in [1.29, 1.82) is 0 Å². The molecule has 4 nitrogen and oxygen atoms in total. The summed E-state index contributed by atoms with van der Waals surface area (Å²) >= 11 is 6.80. The molecule has 204 valence electrons. The third-order valence-electron chi connectivity index (χ3n) is 7.78. The molecule has 3 aromatic rings. The van der Waals surface area contributed by atoms with Gasteiger partial charge in [-0.3, -0.25) is 0 Å². The molecule has 0 aliphatic carbocycles. The first-order valence-electron chi connectivity index (χ1n) is 13.4. The van der Waals surface area contributed by atoms with Crippen LogP contribution >= 0.6 is 11.6 Å². The Morgan fingerprint density at radius 2 is 1.90 bits per heavy atom. The van der Waals surface area contributed by atoms with Crippen LogP contribution in [-0.4, -0.2) is 41.6 Å². The van der Waals surface area contributed by atoms with Crippen molar-refractivity contribution < 1.29 is 23.6 Å². The summed E-state index contributed by atoms with van der Waals surface area (Å²) in [5.74, 6) is -0.505. The van der Waals surface area contributed by atoms with Gasteiger partial charge in [0.25, 0.3) is 0 Å². The molecule has 0 amide bonds. The van der Waals surface area contributed by atoms with Crippen molar-refractivity contribution in [3.63, 3.8) is 0 Å². The Bertz CT molecular complexity index is 1530. The Morgan fingerprint density at radius 3 is 2.62 bits per heavy atom. The summed E-state index contributed by atoms with van der Waals surface area (Å²) < 4.78 is 22.0. The molecule has 1 aliphatic rings. The van der Waals surface area contributed by atoms with Crippen molar-refractivity contribution >= 4 is 45.2 Å². The molecule has 0 unspecified atom stereocenters. The number of rotatable bonds is 9. The van der Waals surface area contributed by atoms with E-state index < -0.39 is 5.97 Å². The van der Waals surface area contributed by atoms with E-state index in [4.69, 9.17) is 16.3 Å². The second kappa shape index (κ2) is 12.2. The third kappa shape index (κ3) is 5.94. The first-order valence-corrected chi connectivity index (χ1v) is 13.8. The minimum absolute atomic E-state index is 0.286. The predicted octanol–water partition coefficient (Wildman–Crippen LogP) is 8.33. The van der Waals surface area contributed by atoms with Crippen LogP contribution in [0, 0.1) is 12.7 Å². The highest BCUT2D eigenvalue weighted by molar-refractivity contribution is 6.35. The Kier molecular flexibility index (Phi) is 8.91. The van der Waals surface area contributed by atoms with Gasteiger partial charge in [-0.25, -0.2) is 13.8 Å². The number of halogens is 2. The number of carbonyl (C=O) groups is 1. The van der Waals surface area contributed by atoms with Gasteiger partial charge in [-0.05, 0) is 85.5 Å². The Morgan fingerprint density at radius 1 is 1.13 bits per heavy atom. The van der Waals surface area contributed by atoms with Gasteiger partial charge in [-0.15, -0.1) is 0 Å². The second-order valence-corrected chi connectivity index (χ2v) is 10.6. The van der Waals surface area contributed by atoms with E-state index in [1.54, 1.807) is 6.07 Å². The van der Waals surface area contributed by atoms with Crippen LogP contribution in [0.1, 0.15) is 63.1 Å². The number of carboxylic acid groups (broad SMARTS) is 1. The summed E-state index contributed by atoms with van der Waals surface area (Å²) in [5, 5.41) is 12.4. The zero-order valence-corrected chi connectivity index (χ0v) is 24.1. The van der Waals surface area contributed by atoms with Gasteiger partial charge >= 0.3 is 5.97 Å². The fraction of sp³-hybridized carbons (Fsp3) is 0.333. The fourth-order valence-electron chi connectivity index (χ4n) is 5.56. The third-order valence-corrected chi connectivity index (χ3v) is 8.09. The maximum Gasteiger partial charge on any atom is 0.331 e. The Hall–Kier alpha value is -3.44. The smallest absolute Gasteiger partial charge is 0.331 e. The van der Waals surface area contributed by atoms with Crippen molar-refractivity contribution in [3.05, 3.63) is 87.2 Å². The lowest BCUT2D eigenvalue weighted by molar-refractivity contribution is -0.497. The SMILES string of the molecule is CC/C(C(=O)O)=C(/CCCOc1cccc2cc(F)ccc12)c1ccc(Cl)c(C2=C(C)CC[N+](C)=C2C)c1C. The number of hydrogen-bond donors (Lipinski definition) is 1. The lowest BCUT2D eigenvalue weighted by atomic mass is 9.84. The molecule has 4 rings (SSSR count). The van der Waals surface area contributed by atoms with Gasteiger partial charge in [0.15, 0.2) is 5.71 Å². The van der Waals surface area contributed by atoms with Crippen LogP contribution in [0.2, 0.25) is 5.02 Å². The van der Waals surface area contributed by atoms with Gasteiger partial charge in [-0.2, -0.15) is 0 Å². The molecule has 0 bridgehead atoms. The van der Waals surface area contributed by atoms with Gasteiger partial charge < -0.3 is 9.84 Å². The molecule has 0 saturated heterocycles. The van der Waals surface area contributed by atoms with Gasteiger partial charge in [-0.1, -0.05) is 42.3 Å². The molecule has 6 heteroatoms. The number of nitrogens with zero attached hydrogens (tertiary/aromatic N) is 1. The normalized spacial score (nSPS) is 14.6. The molecular formula is C33H36ClFNO3+. The monoisotopic (exact) mass is 548 g/mol. The molecule has 1 heterocycles. The van der Waals surface area contributed by atoms with Crippen LogP contribution in [0.25, 0.3) is 21.9 Å². The van der Waals surface area contributed by atoms with Crippen molar-refractivity contribution in [2.75, 3.05) is 20.2 Å². The van der Waals surface area contributed by atoms with Crippen molar-refractivity contribution in [3.8, 4) is 5.75 Å². The van der Waals surface area contributed by atoms with Crippen LogP contribution in [0.15, 0.2) is 59.7 Å². The summed E-state index contributed by atoms with van der Waals surface area (Å²) in [6.45, 7) is 9.55. The van der Waals surface area contributed by atoms with E-state index in [-0.39, 0.29) is 5.82 Å². The van der Waals surface area contributed by atoms with Crippen LogP contribution in [0.3, 0.4) is 0 Å². The molecule has 0 saturated carbocycles. The molecule has 39 heavy (non-hydrogen) atoms. The molecule has 0 radical (unpaired) electrons. The maximum atomic E-state index is 13.7. The average Bonchev–Trinajstić information content (AvgIpc) is 2.90. The summed E-state index contributed by atoms with van der Waals surface area (Å²) in [6, 6.07) is 14.1. The number of hydrogen-bond acceptors (Lipinski definition) is 2. The van der Waals surface area contributed by atoms with Crippen LogP contribution in [0.4, 0.5) is 4.39 Å². The standard InChI is InChI=1S/C33H35ClFNO3/c1-6-25(33(37)38)28(10-8-18-39-30-11-7-9-23-19-24(35)12-13-27(23)30)26-14-15-29(34)32(21(26)3)31-20(2)16-17-36(5)22(31)4/h7,9,11-15,19H,6,8,10,16-18H2,1-5H3/p+1/b28-25+. The molecular weight excluding hydrogens is 513 g/mol. The van der Waals surface area contributed by atoms with E-state index in [2.05, 4.69) is 25.5 Å². The zero-order valence-electron chi connectivity index (χ0n) is 23.3. The Labute approximate surface area is 235 Å². The summed E-state index contributed by atoms with van der Waals surface area (Å²) in [6.07, 6.45) is 2.53. The number of aliphatic carboxylic acids is 1. The molecule has 0 fully saturated rings.